The van der Waals surface area contributed by atoms with Gasteiger partial charge in [0.25, 0.3) is 0 Å². The first-order chi connectivity index (χ1) is 10.1. The number of thiophene rings is 1. The largest absolute Gasteiger partial charge is 0.486 e. The molecule has 2 aromatic rings. The molecular weight excluding hydrogens is 310 g/mol. The van der Waals surface area contributed by atoms with Gasteiger partial charge in [0.2, 0.25) is 10.0 Å². The summed E-state index contributed by atoms with van der Waals surface area (Å²) in [7, 11) is -3.60. The number of rotatable bonds is 4. The molecule has 2 heterocycles. The molecule has 1 aromatic heterocycles. The van der Waals surface area contributed by atoms with E-state index < -0.39 is 10.0 Å². The van der Waals surface area contributed by atoms with Gasteiger partial charge < -0.3 is 9.47 Å². The standard InChI is InChI=1S/C14H15NO4S2/c1-10(14-3-2-8-20-14)15-21(16,17)11-4-5-12-13(9-11)19-7-6-18-12/h2-5,8-10,15H,6-7H2,1H3/t10-/m1/s1. The third kappa shape index (κ3) is 3.04. The SMILES string of the molecule is C[C@@H](NS(=O)(=O)c1ccc2c(c1)OCCO2)c1cccs1. The molecule has 0 aliphatic carbocycles. The lowest BCUT2D eigenvalue weighted by atomic mass is 10.3. The predicted molar refractivity (Wildman–Crippen MR) is 80.5 cm³/mol. The van der Waals surface area contributed by atoms with Gasteiger partial charge in [-0.1, -0.05) is 6.07 Å². The lowest BCUT2D eigenvalue weighted by molar-refractivity contribution is 0.171. The summed E-state index contributed by atoms with van der Waals surface area (Å²) < 4.78 is 38.3. The Balaban J connectivity index is 1.84. The maximum absolute atomic E-state index is 12.4. The molecule has 1 aliphatic rings. The molecule has 0 radical (unpaired) electrons. The smallest absolute Gasteiger partial charge is 0.241 e. The van der Waals surface area contributed by atoms with Crippen LogP contribution in [0.5, 0.6) is 11.5 Å². The molecule has 7 heteroatoms. The van der Waals surface area contributed by atoms with E-state index in [0.29, 0.717) is 24.7 Å². The van der Waals surface area contributed by atoms with E-state index in [2.05, 4.69) is 4.72 Å². The summed E-state index contributed by atoms with van der Waals surface area (Å²) in [6.45, 7) is 2.73. The number of hydrogen-bond donors (Lipinski definition) is 1. The highest BCUT2D eigenvalue weighted by molar-refractivity contribution is 7.89. The maximum atomic E-state index is 12.4. The average molecular weight is 325 g/mol. The second-order valence-corrected chi connectivity index (χ2v) is 7.36. The van der Waals surface area contributed by atoms with E-state index in [1.165, 1.54) is 23.5 Å². The Morgan fingerprint density at radius 2 is 1.95 bits per heavy atom. The van der Waals surface area contributed by atoms with Gasteiger partial charge in [0.15, 0.2) is 11.5 Å². The van der Waals surface area contributed by atoms with E-state index in [9.17, 15) is 8.42 Å². The first-order valence-corrected chi connectivity index (χ1v) is 8.88. The number of fused-ring (bicyclic) bond motifs is 1. The Labute approximate surface area is 127 Å². The van der Waals surface area contributed by atoms with Crippen molar-refractivity contribution in [1.29, 1.82) is 0 Å². The molecule has 3 rings (SSSR count). The van der Waals surface area contributed by atoms with Crippen molar-refractivity contribution in [2.45, 2.75) is 17.9 Å². The molecule has 112 valence electrons. The molecule has 1 N–H and O–H groups in total. The van der Waals surface area contributed by atoms with Crippen LogP contribution >= 0.6 is 11.3 Å². The molecule has 0 bridgehead atoms. The van der Waals surface area contributed by atoms with Crippen molar-refractivity contribution < 1.29 is 17.9 Å². The molecule has 0 saturated carbocycles. The van der Waals surface area contributed by atoms with Crippen molar-refractivity contribution in [3.8, 4) is 11.5 Å². The van der Waals surface area contributed by atoms with Crippen LogP contribution in [-0.4, -0.2) is 21.6 Å². The van der Waals surface area contributed by atoms with Crippen LogP contribution in [0.2, 0.25) is 0 Å². The van der Waals surface area contributed by atoms with Crippen LogP contribution < -0.4 is 14.2 Å². The lowest BCUT2D eigenvalue weighted by Gasteiger charge is -2.19. The Bertz CT molecular complexity index is 725. The van der Waals surface area contributed by atoms with Crippen LogP contribution in [0.4, 0.5) is 0 Å². The van der Waals surface area contributed by atoms with Crippen LogP contribution in [0.25, 0.3) is 0 Å². The highest BCUT2D eigenvalue weighted by atomic mass is 32.2. The van der Waals surface area contributed by atoms with Gasteiger partial charge in [-0.05, 0) is 30.5 Å². The summed E-state index contributed by atoms with van der Waals surface area (Å²) in [6, 6.07) is 8.17. The second-order valence-electron chi connectivity index (χ2n) is 4.66. The van der Waals surface area contributed by atoms with E-state index in [1.807, 2.05) is 24.4 Å². The van der Waals surface area contributed by atoms with Crippen LogP contribution in [0.3, 0.4) is 0 Å². The normalized spacial score (nSPS) is 15.7. The van der Waals surface area contributed by atoms with Gasteiger partial charge in [-0.2, -0.15) is 0 Å². The third-order valence-corrected chi connectivity index (χ3v) is 5.72. The Morgan fingerprint density at radius 3 is 2.67 bits per heavy atom. The second kappa shape index (κ2) is 5.67. The van der Waals surface area contributed by atoms with Crippen molar-refractivity contribution in [3.05, 3.63) is 40.6 Å². The highest BCUT2D eigenvalue weighted by Gasteiger charge is 2.22. The zero-order chi connectivity index (χ0) is 14.9. The molecule has 0 spiro atoms. The third-order valence-electron chi connectivity index (χ3n) is 3.13. The van der Waals surface area contributed by atoms with Crippen molar-refractivity contribution in [3.63, 3.8) is 0 Å². The summed E-state index contributed by atoms with van der Waals surface area (Å²) in [5, 5.41) is 1.92. The molecule has 0 amide bonds. The zero-order valence-electron chi connectivity index (χ0n) is 11.4. The topological polar surface area (TPSA) is 64.6 Å². The van der Waals surface area contributed by atoms with Gasteiger partial charge in [0.05, 0.1) is 10.9 Å². The van der Waals surface area contributed by atoms with Gasteiger partial charge in [-0.15, -0.1) is 11.3 Å². The minimum absolute atomic E-state index is 0.176. The maximum Gasteiger partial charge on any atom is 0.241 e. The molecular formula is C14H15NO4S2. The molecule has 0 saturated heterocycles. The lowest BCUT2D eigenvalue weighted by Crippen LogP contribution is -2.26. The highest BCUT2D eigenvalue weighted by Crippen LogP contribution is 2.32. The minimum atomic E-state index is -3.60. The number of hydrogen-bond acceptors (Lipinski definition) is 5. The van der Waals surface area contributed by atoms with Gasteiger partial charge >= 0.3 is 0 Å². The first-order valence-electron chi connectivity index (χ1n) is 6.52. The monoisotopic (exact) mass is 325 g/mol. The van der Waals surface area contributed by atoms with Crippen LogP contribution in [-0.2, 0) is 10.0 Å². The van der Waals surface area contributed by atoms with Gasteiger partial charge in [0, 0.05) is 10.9 Å². The van der Waals surface area contributed by atoms with Crippen LogP contribution in [0, 0.1) is 0 Å². The average Bonchev–Trinajstić information content (AvgIpc) is 3.00. The van der Waals surface area contributed by atoms with Gasteiger partial charge in [-0.25, -0.2) is 13.1 Å². The Kier molecular flexibility index (Phi) is 3.88. The molecule has 1 aliphatic heterocycles. The molecule has 1 aromatic carbocycles. The number of ether oxygens (including phenoxy) is 2. The fourth-order valence-corrected chi connectivity index (χ4v) is 4.13. The summed E-state index contributed by atoms with van der Waals surface area (Å²) >= 11 is 1.52. The summed E-state index contributed by atoms with van der Waals surface area (Å²) in [6.07, 6.45) is 0. The summed E-state index contributed by atoms with van der Waals surface area (Å²) in [4.78, 5) is 1.14. The fourth-order valence-electron chi connectivity index (χ4n) is 2.09. The van der Waals surface area contributed by atoms with Crippen molar-refractivity contribution in [1.82, 2.24) is 4.72 Å². The van der Waals surface area contributed by atoms with E-state index >= 15 is 0 Å². The number of sulfonamides is 1. The number of benzene rings is 1. The predicted octanol–water partition coefficient (Wildman–Crippen LogP) is 2.56. The molecule has 0 unspecified atom stereocenters. The van der Waals surface area contributed by atoms with E-state index in [4.69, 9.17) is 9.47 Å². The van der Waals surface area contributed by atoms with E-state index in [0.717, 1.165) is 4.88 Å². The minimum Gasteiger partial charge on any atom is -0.486 e. The van der Waals surface area contributed by atoms with E-state index in [-0.39, 0.29) is 10.9 Å². The fraction of sp³-hybridized carbons (Fsp3) is 0.286. The van der Waals surface area contributed by atoms with Crippen LogP contribution in [0.1, 0.15) is 17.8 Å². The van der Waals surface area contributed by atoms with Crippen molar-refractivity contribution >= 4 is 21.4 Å². The Morgan fingerprint density at radius 1 is 1.19 bits per heavy atom. The molecule has 1 atom stereocenters. The van der Waals surface area contributed by atoms with E-state index in [1.54, 1.807) is 6.07 Å². The summed E-state index contributed by atoms with van der Waals surface area (Å²) in [5.41, 5.74) is 0. The van der Waals surface area contributed by atoms with Gasteiger partial charge in [-0.3, -0.25) is 0 Å². The quantitative estimate of drug-likeness (QED) is 0.938. The van der Waals surface area contributed by atoms with Gasteiger partial charge in [0.1, 0.15) is 13.2 Å². The van der Waals surface area contributed by atoms with Crippen LogP contribution in [0.15, 0.2) is 40.6 Å². The zero-order valence-corrected chi connectivity index (χ0v) is 13.0. The summed E-state index contributed by atoms with van der Waals surface area (Å²) in [5.74, 6) is 1.04. The molecule has 21 heavy (non-hydrogen) atoms. The van der Waals surface area contributed by atoms with Crippen molar-refractivity contribution in [2.24, 2.45) is 0 Å². The van der Waals surface area contributed by atoms with Crippen molar-refractivity contribution in [2.75, 3.05) is 13.2 Å². The first kappa shape index (κ1) is 14.4. The molecule has 5 nitrogen and oxygen atoms in total. The number of nitrogens with one attached hydrogen (secondary N) is 1. The molecule has 0 fully saturated rings. The Hall–Kier alpha value is -1.57.